The zero-order valence-electron chi connectivity index (χ0n) is 17.0. The quantitative estimate of drug-likeness (QED) is 0.613. The predicted molar refractivity (Wildman–Crippen MR) is 114 cm³/mol. The van der Waals surface area contributed by atoms with Gasteiger partial charge in [0.05, 0.1) is 18.7 Å². The topological polar surface area (TPSA) is 71.0 Å². The second-order valence-corrected chi connectivity index (χ2v) is 7.73. The number of benzene rings is 2. The molecule has 1 fully saturated rings. The minimum absolute atomic E-state index is 0.0271. The van der Waals surface area contributed by atoms with E-state index in [9.17, 15) is 14.0 Å². The summed E-state index contributed by atoms with van der Waals surface area (Å²) in [7, 11) is 1.43. The zero-order chi connectivity index (χ0) is 21.3. The third kappa shape index (κ3) is 3.92. The lowest BCUT2D eigenvalue weighted by molar-refractivity contribution is -0.146. The van der Waals surface area contributed by atoms with Crippen molar-refractivity contribution in [2.75, 3.05) is 30.4 Å². The Morgan fingerprint density at radius 2 is 2.00 bits per heavy atom. The number of amides is 1. The van der Waals surface area contributed by atoms with E-state index in [2.05, 4.69) is 15.2 Å². The van der Waals surface area contributed by atoms with Crippen molar-refractivity contribution in [2.24, 2.45) is 10.9 Å². The SMILES string of the molecule is COC(=O)C1CCN(c2ccc(N=CC3C(=O)Nc4ccc(F)cc43)cc2C)CC1. The van der Waals surface area contributed by atoms with E-state index in [1.807, 2.05) is 25.1 Å². The molecule has 1 N–H and O–H groups in total. The van der Waals surface area contributed by atoms with Gasteiger partial charge in [-0.25, -0.2) is 4.39 Å². The number of anilines is 2. The van der Waals surface area contributed by atoms with Gasteiger partial charge in [-0.15, -0.1) is 0 Å². The monoisotopic (exact) mass is 409 g/mol. The van der Waals surface area contributed by atoms with E-state index < -0.39 is 5.92 Å². The van der Waals surface area contributed by atoms with Crippen LogP contribution >= 0.6 is 0 Å². The summed E-state index contributed by atoms with van der Waals surface area (Å²) < 4.78 is 18.4. The van der Waals surface area contributed by atoms with E-state index in [0.717, 1.165) is 42.9 Å². The molecular weight excluding hydrogens is 385 g/mol. The van der Waals surface area contributed by atoms with Crippen LogP contribution in [0.4, 0.5) is 21.5 Å². The van der Waals surface area contributed by atoms with Gasteiger partial charge in [-0.1, -0.05) is 0 Å². The molecule has 2 aromatic rings. The molecule has 7 heteroatoms. The molecule has 2 aromatic carbocycles. The molecule has 1 amide bonds. The lowest BCUT2D eigenvalue weighted by Crippen LogP contribution is -2.37. The van der Waals surface area contributed by atoms with Crippen LogP contribution in [0.15, 0.2) is 41.4 Å². The molecule has 0 aromatic heterocycles. The number of fused-ring (bicyclic) bond motifs is 1. The highest BCUT2D eigenvalue weighted by atomic mass is 19.1. The van der Waals surface area contributed by atoms with Crippen LogP contribution in [-0.4, -0.2) is 38.3 Å². The van der Waals surface area contributed by atoms with Crippen LogP contribution in [0.3, 0.4) is 0 Å². The highest BCUT2D eigenvalue weighted by Crippen LogP contribution is 2.33. The van der Waals surface area contributed by atoms with Crippen LogP contribution in [0.2, 0.25) is 0 Å². The summed E-state index contributed by atoms with van der Waals surface area (Å²) in [4.78, 5) is 30.7. The number of aliphatic imine (C=N–C) groups is 1. The first kappa shape index (κ1) is 20.1. The van der Waals surface area contributed by atoms with E-state index in [0.29, 0.717) is 11.3 Å². The van der Waals surface area contributed by atoms with Crippen molar-refractivity contribution in [1.29, 1.82) is 0 Å². The molecule has 2 heterocycles. The molecule has 0 saturated carbocycles. The number of methoxy groups -OCH3 is 1. The summed E-state index contributed by atoms with van der Waals surface area (Å²) in [6.45, 7) is 3.62. The van der Waals surface area contributed by atoms with Crippen LogP contribution in [0.1, 0.15) is 29.9 Å². The first-order chi connectivity index (χ1) is 14.5. The van der Waals surface area contributed by atoms with E-state index in [4.69, 9.17) is 4.74 Å². The third-order valence-corrected chi connectivity index (χ3v) is 5.81. The molecule has 2 aliphatic heterocycles. The van der Waals surface area contributed by atoms with Crippen molar-refractivity contribution in [3.63, 3.8) is 0 Å². The summed E-state index contributed by atoms with van der Waals surface area (Å²) in [5.41, 5.74) is 4.15. The molecule has 1 saturated heterocycles. The lowest BCUT2D eigenvalue weighted by atomic mass is 9.96. The minimum Gasteiger partial charge on any atom is -0.469 e. The summed E-state index contributed by atoms with van der Waals surface area (Å²) >= 11 is 0. The zero-order valence-corrected chi connectivity index (χ0v) is 17.0. The molecule has 4 rings (SSSR count). The maximum absolute atomic E-state index is 13.6. The molecule has 2 aliphatic rings. The Bertz CT molecular complexity index is 1010. The fourth-order valence-electron chi connectivity index (χ4n) is 4.16. The largest absolute Gasteiger partial charge is 0.469 e. The average molecular weight is 409 g/mol. The number of carbonyl (C=O) groups excluding carboxylic acids is 2. The molecule has 1 atom stereocenters. The smallest absolute Gasteiger partial charge is 0.308 e. The van der Waals surface area contributed by atoms with Gasteiger partial charge in [0.25, 0.3) is 0 Å². The molecule has 0 aliphatic carbocycles. The van der Waals surface area contributed by atoms with Gasteiger partial charge in [-0.3, -0.25) is 14.6 Å². The number of nitrogens with one attached hydrogen (secondary N) is 1. The summed E-state index contributed by atoms with van der Waals surface area (Å²) in [6.07, 6.45) is 3.12. The normalized spacial score (nSPS) is 19.1. The van der Waals surface area contributed by atoms with Gasteiger partial charge in [0.15, 0.2) is 0 Å². The van der Waals surface area contributed by atoms with Gasteiger partial charge < -0.3 is 15.0 Å². The van der Waals surface area contributed by atoms with Crippen molar-refractivity contribution in [1.82, 2.24) is 0 Å². The highest BCUT2D eigenvalue weighted by Gasteiger charge is 2.29. The number of hydrogen-bond donors (Lipinski definition) is 1. The molecule has 0 bridgehead atoms. The molecule has 156 valence electrons. The number of esters is 1. The highest BCUT2D eigenvalue weighted by molar-refractivity contribution is 6.12. The number of ether oxygens (including phenoxy) is 1. The van der Waals surface area contributed by atoms with Crippen LogP contribution in [0, 0.1) is 18.7 Å². The van der Waals surface area contributed by atoms with E-state index in [1.54, 1.807) is 12.3 Å². The summed E-state index contributed by atoms with van der Waals surface area (Å²) in [5.74, 6) is -1.34. The van der Waals surface area contributed by atoms with Crippen molar-refractivity contribution < 1.29 is 18.7 Å². The first-order valence-corrected chi connectivity index (χ1v) is 10.0. The van der Waals surface area contributed by atoms with Crippen LogP contribution < -0.4 is 10.2 Å². The Morgan fingerprint density at radius 3 is 2.70 bits per heavy atom. The number of nitrogens with zero attached hydrogens (tertiary/aromatic N) is 2. The standard InChI is InChI=1S/C23H24FN3O3/c1-14-11-17(4-6-21(14)27-9-7-15(8-10-27)23(29)30-2)25-13-19-18-12-16(24)3-5-20(18)26-22(19)28/h3-6,11-13,15,19H,7-10H2,1-2H3,(H,26,28). The fraction of sp³-hybridized carbons (Fsp3) is 0.348. The number of aryl methyl sites for hydroxylation is 1. The Hall–Kier alpha value is -3.22. The Balaban J connectivity index is 1.46. The van der Waals surface area contributed by atoms with Gasteiger partial charge >= 0.3 is 5.97 Å². The van der Waals surface area contributed by atoms with Crippen molar-refractivity contribution in [3.05, 3.63) is 53.3 Å². The van der Waals surface area contributed by atoms with Crippen LogP contribution in [0.25, 0.3) is 0 Å². The maximum atomic E-state index is 13.6. The predicted octanol–water partition coefficient (Wildman–Crippen LogP) is 3.96. The molecular formula is C23H24FN3O3. The first-order valence-electron chi connectivity index (χ1n) is 10.0. The molecule has 0 spiro atoms. The van der Waals surface area contributed by atoms with Crippen LogP contribution in [0.5, 0.6) is 0 Å². The van der Waals surface area contributed by atoms with Gasteiger partial charge in [-0.05, 0) is 67.3 Å². The lowest BCUT2D eigenvalue weighted by Gasteiger charge is -2.33. The number of hydrogen-bond acceptors (Lipinski definition) is 5. The molecule has 30 heavy (non-hydrogen) atoms. The average Bonchev–Trinajstić information content (AvgIpc) is 3.06. The Kier molecular flexibility index (Phi) is 5.53. The van der Waals surface area contributed by atoms with E-state index in [1.165, 1.54) is 19.2 Å². The van der Waals surface area contributed by atoms with Gasteiger partial charge in [0, 0.05) is 30.7 Å². The van der Waals surface area contributed by atoms with E-state index >= 15 is 0 Å². The number of carbonyl (C=O) groups is 2. The second-order valence-electron chi connectivity index (χ2n) is 7.73. The maximum Gasteiger partial charge on any atom is 0.308 e. The Morgan fingerprint density at radius 1 is 1.23 bits per heavy atom. The fourth-order valence-corrected chi connectivity index (χ4v) is 4.16. The number of halogens is 1. The van der Waals surface area contributed by atoms with Gasteiger partial charge in [-0.2, -0.15) is 0 Å². The summed E-state index contributed by atoms with van der Waals surface area (Å²) in [6, 6.07) is 10.2. The van der Waals surface area contributed by atoms with E-state index in [-0.39, 0.29) is 23.6 Å². The third-order valence-electron chi connectivity index (χ3n) is 5.81. The van der Waals surface area contributed by atoms with Crippen molar-refractivity contribution in [2.45, 2.75) is 25.7 Å². The summed E-state index contributed by atoms with van der Waals surface area (Å²) in [5, 5.41) is 2.75. The van der Waals surface area contributed by atoms with Crippen molar-refractivity contribution >= 4 is 35.2 Å². The molecule has 6 nitrogen and oxygen atoms in total. The van der Waals surface area contributed by atoms with Gasteiger partial charge in [0.1, 0.15) is 11.7 Å². The van der Waals surface area contributed by atoms with Gasteiger partial charge in [0.2, 0.25) is 5.91 Å². The molecule has 1 unspecified atom stereocenters. The Labute approximate surface area is 174 Å². The minimum atomic E-state index is -0.604. The van der Waals surface area contributed by atoms with Crippen molar-refractivity contribution in [3.8, 4) is 0 Å². The number of piperidine rings is 1. The second kappa shape index (κ2) is 8.26. The molecule has 0 radical (unpaired) electrons. The number of rotatable bonds is 4. The van der Waals surface area contributed by atoms with Crippen LogP contribution in [-0.2, 0) is 14.3 Å².